The molecule has 136 valence electrons. The van der Waals surface area contributed by atoms with Gasteiger partial charge >= 0.3 is 5.97 Å². The summed E-state index contributed by atoms with van der Waals surface area (Å²) in [4.78, 5) is 27.5. The molecular formula is C18H24N2O4S. The lowest BCUT2D eigenvalue weighted by molar-refractivity contribution is -0.142. The van der Waals surface area contributed by atoms with Crippen LogP contribution < -0.4 is 0 Å². The lowest BCUT2D eigenvalue weighted by Gasteiger charge is -2.37. The predicted octanol–water partition coefficient (Wildman–Crippen LogP) is 1.26. The monoisotopic (exact) mass is 364 g/mol. The molecule has 0 saturated carbocycles. The first-order valence-corrected chi connectivity index (χ1v) is 9.59. The van der Waals surface area contributed by atoms with E-state index in [0.717, 1.165) is 17.7 Å². The summed E-state index contributed by atoms with van der Waals surface area (Å²) in [7, 11) is 1.76. The first-order chi connectivity index (χ1) is 12.0. The molecular weight excluding hydrogens is 340 g/mol. The summed E-state index contributed by atoms with van der Waals surface area (Å²) in [5, 5.41) is 8.73. The molecule has 1 amide bonds. The fourth-order valence-electron chi connectivity index (χ4n) is 3.44. The van der Waals surface area contributed by atoms with Crippen LogP contribution in [0.1, 0.15) is 16.4 Å². The summed E-state index contributed by atoms with van der Waals surface area (Å²) in [6, 6.07) is 8.19. The van der Waals surface area contributed by atoms with Gasteiger partial charge in [-0.3, -0.25) is 14.5 Å². The number of morpholine rings is 1. The van der Waals surface area contributed by atoms with Crippen LogP contribution >= 0.6 is 11.8 Å². The standard InChI is InChI=1S/C18H24N2O4S/c1-19(12-16(21)22)10-14-11-20(7-8-24-14)18(23)17-15-5-3-2-4-13(15)6-9-25-17/h2-5,14,17H,6-12H2,1H3,(H,21,22)/t14-,17-/m1/s1. The summed E-state index contributed by atoms with van der Waals surface area (Å²) in [5.74, 6) is 0.246. The summed E-state index contributed by atoms with van der Waals surface area (Å²) in [6.45, 7) is 2.08. The molecule has 1 aromatic carbocycles. The fraction of sp³-hybridized carbons (Fsp3) is 0.556. The lowest BCUT2D eigenvalue weighted by atomic mass is 10.0. The van der Waals surface area contributed by atoms with Crippen molar-refractivity contribution in [1.82, 2.24) is 9.80 Å². The Balaban J connectivity index is 1.64. The topological polar surface area (TPSA) is 70.1 Å². The highest BCUT2D eigenvalue weighted by Gasteiger charge is 2.33. The number of carboxylic acid groups (broad SMARTS) is 1. The summed E-state index contributed by atoms with van der Waals surface area (Å²) in [6.07, 6.45) is 0.863. The Labute approximate surface area is 152 Å². The van der Waals surface area contributed by atoms with Gasteiger partial charge in [0.05, 0.1) is 19.3 Å². The molecule has 2 aliphatic rings. The highest BCUT2D eigenvalue weighted by Crippen LogP contribution is 2.38. The van der Waals surface area contributed by atoms with E-state index in [1.807, 2.05) is 17.0 Å². The molecule has 2 heterocycles. The van der Waals surface area contributed by atoms with Crippen LogP contribution in [-0.2, 0) is 20.7 Å². The number of ether oxygens (including phenoxy) is 1. The number of hydrogen-bond acceptors (Lipinski definition) is 5. The lowest BCUT2D eigenvalue weighted by Crippen LogP contribution is -2.50. The van der Waals surface area contributed by atoms with Crippen molar-refractivity contribution >= 4 is 23.6 Å². The number of nitrogens with zero attached hydrogens (tertiary/aromatic N) is 2. The van der Waals surface area contributed by atoms with E-state index in [2.05, 4.69) is 12.1 Å². The zero-order chi connectivity index (χ0) is 17.8. The van der Waals surface area contributed by atoms with Crippen LogP contribution in [0.15, 0.2) is 24.3 Å². The van der Waals surface area contributed by atoms with Gasteiger partial charge in [-0.15, -0.1) is 11.8 Å². The molecule has 1 aromatic rings. The Bertz CT molecular complexity index is 639. The van der Waals surface area contributed by atoms with Crippen LogP contribution in [0.3, 0.4) is 0 Å². The molecule has 0 unspecified atom stereocenters. The average Bonchev–Trinajstić information content (AvgIpc) is 2.60. The first kappa shape index (κ1) is 18.2. The van der Waals surface area contributed by atoms with Gasteiger partial charge in [0.15, 0.2) is 0 Å². The van der Waals surface area contributed by atoms with Gasteiger partial charge in [0.1, 0.15) is 5.25 Å². The van der Waals surface area contributed by atoms with E-state index in [0.29, 0.717) is 26.2 Å². The maximum atomic E-state index is 13.1. The number of fused-ring (bicyclic) bond motifs is 1. The van der Waals surface area contributed by atoms with E-state index in [-0.39, 0.29) is 23.8 Å². The van der Waals surface area contributed by atoms with Gasteiger partial charge in [0.25, 0.3) is 0 Å². The van der Waals surface area contributed by atoms with Gasteiger partial charge in [0, 0.05) is 19.6 Å². The highest BCUT2D eigenvalue weighted by atomic mass is 32.2. The third-order valence-electron chi connectivity index (χ3n) is 4.59. The maximum absolute atomic E-state index is 13.1. The van der Waals surface area contributed by atoms with Crippen LogP contribution in [0.2, 0.25) is 0 Å². The van der Waals surface area contributed by atoms with Crippen LogP contribution in [0.25, 0.3) is 0 Å². The third-order valence-corrected chi connectivity index (χ3v) is 5.82. The number of aryl methyl sites for hydroxylation is 1. The van der Waals surface area contributed by atoms with Crippen molar-refractivity contribution in [3.8, 4) is 0 Å². The summed E-state index contributed by atoms with van der Waals surface area (Å²) >= 11 is 1.71. The van der Waals surface area contributed by atoms with E-state index in [9.17, 15) is 9.59 Å². The average molecular weight is 364 g/mol. The number of carboxylic acids is 1. The molecule has 1 fully saturated rings. The van der Waals surface area contributed by atoms with Crippen molar-refractivity contribution in [2.24, 2.45) is 0 Å². The first-order valence-electron chi connectivity index (χ1n) is 8.54. The number of carbonyl (C=O) groups excluding carboxylic acids is 1. The predicted molar refractivity (Wildman–Crippen MR) is 96.8 cm³/mol. The minimum atomic E-state index is -0.860. The number of hydrogen-bond donors (Lipinski definition) is 1. The molecule has 0 spiro atoms. The Morgan fingerprint density at radius 1 is 1.40 bits per heavy atom. The number of carbonyl (C=O) groups is 2. The highest BCUT2D eigenvalue weighted by molar-refractivity contribution is 8.00. The zero-order valence-corrected chi connectivity index (χ0v) is 15.2. The molecule has 1 saturated heterocycles. The van der Waals surface area contributed by atoms with Crippen molar-refractivity contribution in [3.63, 3.8) is 0 Å². The number of likely N-dealkylation sites (N-methyl/N-ethyl adjacent to an activating group) is 1. The van der Waals surface area contributed by atoms with E-state index in [4.69, 9.17) is 9.84 Å². The molecule has 1 N–H and O–H groups in total. The normalized spacial score (nSPS) is 23.4. The number of amides is 1. The fourth-order valence-corrected chi connectivity index (χ4v) is 4.71. The Morgan fingerprint density at radius 2 is 2.20 bits per heavy atom. The summed E-state index contributed by atoms with van der Waals surface area (Å²) < 4.78 is 5.73. The second kappa shape index (κ2) is 8.21. The van der Waals surface area contributed by atoms with E-state index >= 15 is 0 Å². The molecule has 3 rings (SSSR count). The van der Waals surface area contributed by atoms with E-state index < -0.39 is 5.97 Å². The Hall–Kier alpha value is -1.57. The third kappa shape index (κ3) is 4.54. The van der Waals surface area contributed by atoms with Crippen LogP contribution in [0.5, 0.6) is 0 Å². The molecule has 25 heavy (non-hydrogen) atoms. The van der Waals surface area contributed by atoms with Crippen LogP contribution in [0.4, 0.5) is 0 Å². The van der Waals surface area contributed by atoms with Gasteiger partial charge in [-0.2, -0.15) is 0 Å². The smallest absolute Gasteiger partial charge is 0.317 e. The Kier molecular flexibility index (Phi) is 5.98. The van der Waals surface area contributed by atoms with Gasteiger partial charge in [-0.1, -0.05) is 24.3 Å². The van der Waals surface area contributed by atoms with Gasteiger partial charge in [-0.05, 0) is 30.3 Å². The van der Waals surface area contributed by atoms with Crippen molar-refractivity contribution in [2.45, 2.75) is 17.8 Å². The second-order valence-electron chi connectivity index (χ2n) is 6.57. The molecule has 0 aromatic heterocycles. The SMILES string of the molecule is CN(CC(=O)O)C[C@@H]1CN(C(=O)[C@@H]2SCCc3ccccc32)CCO1. The molecule has 0 bridgehead atoms. The van der Waals surface area contributed by atoms with Crippen molar-refractivity contribution in [3.05, 3.63) is 35.4 Å². The maximum Gasteiger partial charge on any atom is 0.317 e. The largest absolute Gasteiger partial charge is 0.480 e. The number of aliphatic carboxylic acids is 1. The van der Waals surface area contributed by atoms with Crippen molar-refractivity contribution in [1.29, 1.82) is 0 Å². The van der Waals surface area contributed by atoms with Crippen LogP contribution in [0, 0.1) is 0 Å². The van der Waals surface area contributed by atoms with Gasteiger partial charge in [-0.25, -0.2) is 0 Å². The number of benzene rings is 1. The van der Waals surface area contributed by atoms with E-state index in [1.54, 1.807) is 23.7 Å². The minimum Gasteiger partial charge on any atom is -0.480 e. The molecule has 0 aliphatic carbocycles. The Morgan fingerprint density at radius 3 is 3.00 bits per heavy atom. The second-order valence-corrected chi connectivity index (χ2v) is 7.78. The van der Waals surface area contributed by atoms with Crippen molar-refractivity contribution in [2.75, 3.05) is 45.6 Å². The minimum absolute atomic E-state index is 0.0281. The molecule has 2 aliphatic heterocycles. The van der Waals surface area contributed by atoms with Gasteiger partial charge < -0.3 is 14.7 Å². The van der Waals surface area contributed by atoms with Gasteiger partial charge in [0.2, 0.25) is 5.91 Å². The van der Waals surface area contributed by atoms with Crippen LogP contribution in [-0.4, -0.2) is 78.5 Å². The molecule has 6 nitrogen and oxygen atoms in total. The number of thioether (sulfide) groups is 1. The zero-order valence-electron chi connectivity index (χ0n) is 14.4. The molecule has 7 heteroatoms. The molecule has 0 radical (unpaired) electrons. The van der Waals surface area contributed by atoms with E-state index in [1.165, 1.54) is 5.56 Å². The van der Waals surface area contributed by atoms with Crippen molar-refractivity contribution < 1.29 is 19.4 Å². The quantitative estimate of drug-likeness (QED) is 0.848. The number of rotatable bonds is 5. The summed E-state index contributed by atoms with van der Waals surface area (Å²) in [5.41, 5.74) is 2.40. The molecule has 2 atom stereocenters.